The molecule has 0 saturated carbocycles. The third kappa shape index (κ3) is 3.90. The fraction of sp³-hybridized carbons (Fsp3) is 0.250. The number of nitrogens with zero attached hydrogens (tertiary/aromatic N) is 1. The summed E-state index contributed by atoms with van der Waals surface area (Å²) in [5, 5.41) is 10.1. The number of benzene rings is 1. The van der Waals surface area contributed by atoms with Crippen molar-refractivity contribution in [2.45, 2.75) is 26.2 Å². The van der Waals surface area contributed by atoms with Gasteiger partial charge in [0.1, 0.15) is 22.2 Å². The first-order chi connectivity index (χ1) is 13.2. The lowest BCUT2D eigenvalue weighted by Gasteiger charge is -2.16. The van der Waals surface area contributed by atoms with E-state index in [0.29, 0.717) is 17.0 Å². The monoisotopic (exact) mass is 382 g/mol. The summed E-state index contributed by atoms with van der Waals surface area (Å²) in [4.78, 5) is 37.4. The minimum Gasteiger partial charge on any atom is -0.507 e. The summed E-state index contributed by atoms with van der Waals surface area (Å²) < 4.78 is 5.11. The summed E-state index contributed by atoms with van der Waals surface area (Å²) in [7, 11) is 1.50. The van der Waals surface area contributed by atoms with Crippen LogP contribution in [0, 0.1) is 0 Å². The van der Waals surface area contributed by atoms with Crippen LogP contribution >= 0.6 is 0 Å². The highest BCUT2D eigenvalue weighted by molar-refractivity contribution is 5.58. The average Bonchev–Trinajstić information content (AvgIpc) is 3.09. The number of rotatable bonds is 3. The molecule has 8 heteroatoms. The molecule has 146 valence electrons. The summed E-state index contributed by atoms with van der Waals surface area (Å²) in [6, 6.07) is 4.60. The van der Waals surface area contributed by atoms with E-state index >= 15 is 0 Å². The molecule has 8 nitrogen and oxygen atoms in total. The second-order valence-corrected chi connectivity index (χ2v) is 7.36. The zero-order valence-electron chi connectivity index (χ0n) is 16.1. The summed E-state index contributed by atoms with van der Waals surface area (Å²) in [6.45, 7) is 6.05. The van der Waals surface area contributed by atoms with E-state index in [1.807, 2.05) is 20.8 Å². The van der Waals surface area contributed by atoms with E-state index in [2.05, 4.69) is 19.9 Å². The lowest BCUT2D eigenvalue weighted by Crippen LogP contribution is -2.46. The number of aromatic hydroxyl groups is 1. The van der Waals surface area contributed by atoms with Crippen molar-refractivity contribution in [3.63, 3.8) is 0 Å². The molecule has 0 spiro atoms. The molecule has 2 aromatic heterocycles. The molecule has 28 heavy (non-hydrogen) atoms. The fourth-order valence-electron chi connectivity index (χ4n) is 2.78. The van der Waals surface area contributed by atoms with Gasteiger partial charge in [0.15, 0.2) is 0 Å². The Kier molecular flexibility index (Phi) is 4.96. The first-order valence-electron chi connectivity index (χ1n) is 8.66. The van der Waals surface area contributed by atoms with Crippen molar-refractivity contribution < 1.29 is 9.84 Å². The van der Waals surface area contributed by atoms with E-state index in [4.69, 9.17) is 4.74 Å². The van der Waals surface area contributed by atoms with Gasteiger partial charge in [-0.15, -0.1) is 0 Å². The van der Waals surface area contributed by atoms with Gasteiger partial charge in [0.05, 0.1) is 19.1 Å². The number of imidazole rings is 1. The molecule has 0 aliphatic carbocycles. The van der Waals surface area contributed by atoms with Crippen LogP contribution in [0.15, 0.2) is 34.1 Å². The fourth-order valence-corrected chi connectivity index (χ4v) is 2.78. The van der Waals surface area contributed by atoms with E-state index in [-0.39, 0.29) is 21.9 Å². The van der Waals surface area contributed by atoms with Crippen molar-refractivity contribution in [2.75, 3.05) is 7.11 Å². The maximum absolute atomic E-state index is 12.5. The summed E-state index contributed by atoms with van der Waals surface area (Å²) >= 11 is 0. The highest BCUT2D eigenvalue weighted by Gasteiger charge is 2.19. The van der Waals surface area contributed by atoms with Gasteiger partial charge < -0.3 is 24.8 Å². The quantitative estimate of drug-likeness (QED) is 0.524. The van der Waals surface area contributed by atoms with Crippen molar-refractivity contribution in [3.8, 4) is 11.5 Å². The van der Waals surface area contributed by atoms with Crippen LogP contribution in [0.5, 0.6) is 11.5 Å². The van der Waals surface area contributed by atoms with E-state index in [0.717, 1.165) is 5.69 Å². The van der Waals surface area contributed by atoms with Crippen LogP contribution in [0.2, 0.25) is 0 Å². The number of hydrogen-bond donors (Lipinski definition) is 4. The van der Waals surface area contributed by atoms with Gasteiger partial charge in [-0.25, -0.2) is 4.98 Å². The molecule has 3 rings (SSSR count). The van der Waals surface area contributed by atoms with Crippen molar-refractivity contribution in [2.24, 2.45) is 0 Å². The summed E-state index contributed by atoms with van der Waals surface area (Å²) in [5.74, 6) is 0.476. The number of hydrogen-bond acceptors (Lipinski definition) is 5. The Bertz CT molecular complexity index is 1240. The van der Waals surface area contributed by atoms with Gasteiger partial charge in [-0.3, -0.25) is 9.59 Å². The smallest absolute Gasteiger partial charge is 0.272 e. The number of ether oxygens (including phenoxy) is 1. The van der Waals surface area contributed by atoms with E-state index in [1.165, 1.54) is 25.3 Å². The lowest BCUT2D eigenvalue weighted by molar-refractivity contribution is 0.412. The highest BCUT2D eigenvalue weighted by Crippen LogP contribution is 2.23. The Balaban J connectivity index is 2.15. The third-order valence-corrected chi connectivity index (χ3v) is 4.22. The summed E-state index contributed by atoms with van der Waals surface area (Å²) in [6.07, 6.45) is 4.47. The van der Waals surface area contributed by atoms with Crippen LogP contribution < -0.4 is 26.6 Å². The maximum atomic E-state index is 12.5. The average molecular weight is 382 g/mol. The van der Waals surface area contributed by atoms with Crippen molar-refractivity contribution in [3.05, 3.63) is 72.9 Å². The zero-order valence-corrected chi connectivity index (χ0v) is 16.1. The van der Waals surface area contributed by atoms with Crippen LogP contribution in [0.1, 0.15) is 37.7 Å². The Morgan fingerprint density at radius 2 is 1.71 bits per heavy atom. The van der Waals surface area contributed by atoms with Crippen LogP contribution in [0.3, 0.4) is 0 Å². The zero-order chi connectivity index (χ0) is 20.5. The van der Waals surface area contributed by atoms with Gasteiger partial charge in [-0.2, -0.15) is 0 Å². The molecule has 4 N–H and O–H groups in total. The van der Waals surface area contributed by atoms with Gasteiger partial charge in [0.25, 0.3) is 11.1 Å². The standard InChI is InChI=1S/C20H22N4O4/c1-20(2,3)17-13(21-10-22-17)9-15-19(27)23-14(18(26)24-15)8-11-7-12(28-4)5-6-16(11)25/h5-10,25H,1-4H3,(H,21,22)(H,23,27)(H,24,26)/b14-8-,15-9-. The Labute approximate surface area is 160 Å². The topological polar surface area (TPSA) is 124 Å². The SMILES string of the molecule is COc1ccc(O)c(/C=c2\[nH]c(=O)/c(=C/c3nc[nH]c3C(C)(C)C)[nH]c2=O)c1. The molecule has 0 radical (unpaired) electrons. The van der Waals surface area contributed by atoms with Gasteiger partial charge in [0.2, 0.25) is 0 Å². The Morgan fingerprint density at radius 1 is 1.07 bits per heavy atom. The second-order valence-electron chi connectivity index (χ2n) is 7.36. The molecule has 0 saturated heterocycles. The van der Waals surface area contributed by atoms with Crippen LogP contribution in [0.25, 0.3) is 12.2 Å². The molecule has 0 fully saturated rings. The number of H-pyrrole nitrogens is 3. The van der Waals surface area contributed by atoms with Crippen LogP contribution in [-0.2, 0) is 5.41 Å². The summed E-state index contributed by atoms with van der Waals surface area (Å²) in [5.41, 5.74) is 0.601. The molecule has 0 atom stereocenters. The van der Waals surface area contributed by atoms with Crippen molar-refractivity contribution >= 4 is 12.2 Å². The number of nitrogens with one attached hydrogen (secondary N) is 3. The number of methoxy groups -OCH3 is 1. The molecule has 0 aliphatic rings. The molecule has 0 aliphatic heterocycles. The maximum Gasteiger partial charge on any atom is 0.272 e. The first kappa shape index (κ1) is 19.2. The van der Waals surface area contributed by atoms with Crippen molar-refractivity contribution in [1.82, 2.24) is 19.9 Å². The van der Waals surface area contributed by atoms with E-state index in [9.17, 15) is 14.7 Å². The molecule has 0 bridgehead atoms. The molecular formula is C20H22N4O4. The minimum absolute atomic E-state index is 0.0174. The number of phenols is 1. The number of aromatic nitrogens is 4. The second kappa shape index (κ2) is 7.22. The Morgan fingerprint density at radius 3 is 2.32 bits per heavy atom. The van der Waals surface area contributed by atoms with Crippen LogP contribution in [0.4, 0.5) is 0 Å². The van der Waals surface area contributed by atoms with Gasteiger partial charge >= 0.3 is 0 Å². The Hall–Kier alpha value is -3.55. The molecule has 1 aromatic carbocycles. The molecule has 3 aromatic rings. The van der Waals surface area contributed by atoms with E-state index < -0.39 is 11.1 Å². The van der Waals surface area contributed by atoms with Crippen LogP contribution in [-0.4, -0.2) is 32.2 Å². The van der Waals surface area contributed by atoms with Gasteiger partial charge in [-0.1, -0.05) is 20.8 Å². The van der Waals surface area contributed by atoms with Crippen molar-refractivity contribution in [1.29, 1.82) is 0 Å². The first-order valence-corrected chi connectivity index (χ1v) is 8.66. The van der Waals surface area contributed by atoms with E-state index in [1.54, 1.807) is 18.5 Å². The molecule has 2 heterocycles. The number of phenolic OH excluding ortho intramolecular Hbond substituents is 1. The number of aromatic amines is 3. The molecule has 0 unspecified atom stereocenters. The lowest BCUT2D eigenvalue weighted by atomic mass is 9.90. The normalized spacial score (nSPS) is 13.1. The third-order valence-electron chi connectivity index (χ3n) is 4.22. The predicted octanol–water partition coefficient (Wildman–Crippen LogP) is 0.456. The molecular weight excluding hydrogens is 360 g/mol. The van der Waals surface area contributed by atoms with Gasteiger partial charge in [0, 0.05) is 16.7 Å². The molecule has 0 amide bonds. The van der Waals surface area contributed by atoms with Gasteiger partial charge in [-0.05, 0) is 30.4 Å². The predicted molar refractivity (Wildman–Crippen MR) is 106 cm³/mol. The largest absolute Gasteiger partial charge is 0.507 e. The minimum atomic E-state index is -0.499. The highest BCUT2D eigenvalue weighted by atomic mass is 16.5.